The monoisotopic (exact) mass is 223 g/mol. The first-order valence-electron chi connectivity index (χ1n) is 5.35. The molecule has 4 heteroatoms. The van der Waals surface area contributed by atoms with Gasteiger partial charge in [-0.05, 0) is 19.9 Å². The zero-order valence-electron chi connectivity index (χ0n) is 9.94. The van der Waals surface area contributed by atoms with Gasteiger partial charge in [0.1, 0.15) is 5.82 Å². The lowest BCUT2D eigenvalue weighted by atomic mass is 10.1. The Balaban J connectivity index is 2.90. The molecule has 0 aliphatic rings. The van der Waals surface area contributed by atoms with Crippen molar-refractivity contribution < 1.29 is 4.39 Å². The Morgan fingerprint density at radius 3 is 2.69 bits per heavy atom. The normalized spacial score (nSPS) is 13.6. The maximum absolute atomic E-state index is 13.5. The van der Waals surface area contributed by atoms with Crippen LogP contribution in [0.1, 0.15) is 25.5 Å². The molecule has 1 rings (SSSR count). The van der Waals surface area contributed by atoms with Crippen LogP contribution in [0.4, 0.5) is 4.39 Å². The third-order valence-corrected chi connectivity index (χ3v) is 2.62. The van der Waals surface area contributed by atoms with Crippen molar-refractivity contribution in [3.8, 4) is 0 Å². The molecule has 1 aromatic rings. The standard InChI is InChI=1S/C12H18FN3/c1-4-15-12(14)16(3)9(2)10-7-5-6-8-11(10)13/h5-9H,4H2,1-3H3,(H2,14,15). The van der Waals surface area contributed by atoms with Gasteiger partial charge in [-0.2, -0.15) is 0 Å². The second-order valence-corrected chi connectivity index (χ2v) is 3.64. The Morgan fingerprint density at radius 1 is 1.50 bits per heavy atom. The van der Waals surface area contributed by atoms with E-state index in [1.807, 2.05) is 27.0 Å². The molecule has 0 aliphatic heterocycles. The van der Waals surface area contributed by atoms with Gasteiger partial charge in [-0.3, -0.25) is 4.99 Å². The molecule has 88 valence electrons. The van der Waals surface area contributed by atoms with Crippen molar-refractivity contribution >= 4 is 5.96 Å². The highest BCUT2D eigenvalue weighted by molar-refractivity contribution is 5.78. The van der Waals surface area contributed by atoms with Gasteiger partial charge in [-0.1, -0.05) is 18.2 Å². The fraction of sp³-hybridized carbons (Fsp3) is 0.417. The molecule has 16 heavy (non-hydrogen) atoms. The van der Waals surface area contributed by atoms with Crippen LogP contribution in [0.5, 0.6) is 0 Å². The van der Waals surface area contributed by atoms with Gasteiger partial charge in [0.15, 0.2) is 5.96 Å². The average Bonchev–Trinajstić information content (AvgIpc) is 2.28. The highest BCUT2D eigenvalue weighted by atomic mass is 19.1. The number of nitrogens with zero attached hydrogens (tertiary/aromatic N) is 2. The van der Waals surface area contributed by atoms with Crippen molar-refractivity contribution in [2.24, 2.45) is 10.7 Å². The Hall–Kier alpha value is -1.58. The first-order valence-corrected chi connectivity index (χ1v) is 5.35. The van der Waals surface area contributed by atoms with E-state index in [0.29, 0.717) is 18.1 Å². The van der Waals surface area contributed by atoms with Crippen molar-refractivity contribution in [2.75, 3.05) is 13.6 Å². The molecule has 0 amide bonds. The van der Waals surface area contributed by atoms with Crippen LogP contribution in [-0.4, -0.2) is 24.5 Å². The van der Waals surface area contributed by atoms with Gasteiger partial charge in [0.05, 0.1) is 6.04 Å². The van der Waals surface area contributed by atoms with Crippen LogP contribution in [0.2, 0.25) is 0 Å². The zero-order valence-corrected chi connectivity index (χ0v) is 9.94. The lowest BCUT2D eigenvalue weighted by Gasteiger charge is -2.26. The summed E-state index contributed by atoms with van der Waals surface area (Å²) in [5, 5.41) is 0. The Labute approximate surface area is 95.8 Å². The summed E-state index contributed by atoms with van der Waals surface area (Å²) in [4.78, 5) is 5.86. The van der Waals surface area contributed by atoms with E-state index in [2.05, 4.69) is 4.99 Å². The van der Waals surface area contributed by atoms with Crippen LogP contribution in [0.3, 0.4) is 0 Å². The van der Waals surface area contributed by atoms with Crippen molar-refractivity contribution in [1.29, 1.82) is 0 Å². The van der Waals surface area contributed by atoms with Gasteiger partial charge in [0.25, 0.3) is 0 Å². The summed E-state index contributed by atoms with van der Waals surface area (Å²) in [6, 6.07) is 6.57. The summed E-state index contributed by atoms with van der Waals surface area (Å²) >= 11 is 0. The third-order valence-electron chi connectivity index (χ3n) is 2.62. The first kappa shape index (κ1) is 12.5. The maximum Gasteiger partial charge on any atom is 0.191 e. The fourth-order valence-corrected chi connectivity index (χ4v) is 1.49. The molecule has 0 fully saturated rings. The van der Waals surface area contributed by atoms with Crippen LogP contribution in [0, 0.1) is 5.82 Å². The van der Waals surface area contributed by atoms with Gasteiger partial charge in [-0.25, -0.2) is 4.39 Å². The SMILES string of the molecule is CCN=C(N)N(C)C(C)c1ccccc1F. The average molecular weight is 223 g/mol. The van der Waals surface area contributed by atoms with Gasteiger partial charge in [0.2, 0.25) is 0 Å². The van der Waals surface area contributed by atoms with Gasteiger partial charge >= 0.3 is 0 Å². The molecule has 1 atom stereocenters. The Bertz CT molecular complexity index is 376. The van der Waals surface area contributed by atoms with Crippen LogP contribution in [0.15, 0.2) is 29.3 Å². The molecule has 1 unspecified atom stereocenters. The van der Waals surface area contributed by atoms with E-state index in [9.17, 15) is 4.39 Å². The summed E-state index contributed by atoms with van der Waals surface area (Å²) in [5.74, 6) is 0.212. The molecule has 0 heterocycles. The fourth-order valence-electron chi connectivity index (χ4n) is 1.49. The van der Waals surface area contributed by atoms with E-state index >= 15 is 0 Å². The minimum Gasteiger partial charge on any atom is -0.370 e. The first-order chi connectivity index (χ1) is 7.57. The number of nitrogens with two attached hydrogens (primary N) is 1. The maximum atomic E-state index is 13.5. The largest absolute Gasteiger partial charge is 0.370 e. The molecule has 0 saturated heterocycles. The molecule has 1 aromatic carbocycles. The van der Waals surface area contributed by atoms with Crippen molar-refractivity contribution in [1.82, 2.24) is 4.90 Å². The highest BCUT2D eigenvalue weighted by Crippen LogP contribution is 2.20. The summed E-state index contributed by atoms with van der Waals surface area (Å²) in [5.41, 5.74) is 6.39. The summed E-state index contributed by atoms with van der Waals surface area (Å²) in [6.45, 7) is 4.44. The molecular weight excluding hydrogens is 205 g/mol. The number of hydrogen-bond acceptors (Lipinski definition) is 1. The second kappa shape index (κ2) is 5.49. The molecule has 0 aliphatic carbocycles. The summed E-state index contributed by atoms with van der Waals surface area (Å²) in [7, 11) is 1.81. The van der Waals surface area contributed by atoms with Crippen LogP contribution in [0.25, 0.3) is 0 Å². The quantitative estimate of drug-likeness (QED) is 0.630. The number of aliphatic imine (C=N–C) groups is 1. The third kappa shape index (κ3) is 2.72. The predicted octanol–water partition coefficient (Wildman–Crippen LogP) is 2.15. The van der Waals surface area contributed by atoms with Crippen molar-refractivity contribution in [3.05, 3.63) is 35.6 Å². The van der Waals surface area contributed by atoms with Crippen LogP contribution < -0.4 is 5.73 Å². The molecule has 0 saturated carbocycles. The number of benzene rings is 1. The topological polar surface area (TPSA) is 41.6 Å². The predicted molar refractivity (Wildman–Crippen MR) is 64.7 cm³/mol. The number of guanidine groups is 1. The van der Waals surface area contributed by atoms with E-state index < -0.39 is 0 Å². The van der Waals surface area contributed by atoms with E-state index in [1.165, 1.54) is 6.07 Å². The molecule has 2 N–H and O–H groups in total. The van der Waals surface area contributed by atoms with Gasteiger partial charge < -0.3 is 10.6 Å². The van der Waals surface area contributed by atoms with Gasteiger partial charge in [0, 0.05) is 19.2 Å². The molecule has 0 bridgehead atoms. The van der Waals surface area contributed by atoms with E-state index in [1.54, 1.807) is 17.0 Å². The van der Waals surface area contributed by atoms with Crippen LogP contribution in [-0.2, 0) is 0 Å². The van der Waals surface area contributed by atoms with E-state index in [4.69, 9.17) is 5.73 Å². The highest BCUT2D eigenvalue weighted by Gasteiger charge is 2.16. The summed E-state index contributed by atoms with van der Waals surface area (Å²) in [6.07, 6.45) is 0. The van der Waals surface area contributed by atoms with Gasteiger partial charge in [-0.15, -0.1) is 0 Å². The molecule has 0 aromatic heterocycles. The second-order valence-electron chi connectivity index (χ2n) is 3.64. The molecule has 3 nitrogen and oxygen atoms in total. The van der Waals surface area contributed by atoms with E-state index in [0.717, 1.165) is 0 Å². The minimum absolute atomic E-state index is 0.128. The lowest BCUT2D eigenvalue weighted by Crippen LogP contribution is -2.36. The Morgan fingerprint density at radius 2 is 2.12 bits per heavy atom. The summed E-state index contributed by atoms with van der Waals surface area (Å²) < 4.78 is 13.5. The minimum atomic E-state index is -0.217. The molecule has 0 spiro atoms. The smallest absolute Gasteiger partial charge is 0.191 e. The number of hydrogen-bond donors (Lipinski definition) is 1. The number of rotatable bonds is 3. The molecular formula is C12H18FN3. The molecule has 0 radical (unpaired) electrons. The van der Waals surface area contributed by atoms with E-state index in [-0.39, 0.29) is 11.9 Å². The lowest BCUT2D eigenvalue weighted by molar-refractivity contribution is 0.384. The van der Waals surface area contributed by atoms with Crippen LogP contribution >= 0.6 is 0 Å². The van der Waals surface area contributed by atoms with Crippen molar-refractivity contribution in [2.45, 2.75) is 19.9 Å². The Kier molecular flexibility index (Phi) is 4.28. The number of halogens is 1. The zero-order chi connectivity index (χ0) is 12.1. The van der Waals surface area contributed by atoms with Crippen molar-refractivity contribution in [3.63, 3.8) is 0 Å².